The van der Waals surface area contributed by atoms with Gasteiger partial charge >= 0.3 is 0 Å². The predicted octanol–water partition coefficient (Wildman–Crippen LogP) is 3.58. The fourth-order valence-corrected chi connectivity index (χ4v) is 3.92. The summed E-state index contributed by atoms with van der Waals surface area (Å²) in [6.45, 7) is 7.27. The van der Waals surface area contributed by atoms with Crippen LogP contribution >= 0.6 is 23.1 Å². The molecule has 7 heteroatoms. The first kappa shape index (κ1) is 17.9. The van der Waals surface area contributed by atoms with E-state index < -0.39 is 0 Å². The summed E-state index contributed by atoms with van der Waals surface area (Å²) in [5.74, 6) is 0.113. The highest BCUT2D eigenvalue weighted by molar-refractivity contribution is 8.02. The summed E-state index contributed by atoms with van der Waals surface area (Å²) in [6, 6.07) is 5.83. The molecule has 124 valence electrons. The molecular formula is C16H21N3O2S2. The Morgan fingerprint density at radius 1 is 1.35 bits per heavy atom. The number of ketones is 1. The third-order valence-corrected chi connectivity index (χ3v) is 5.49. The Morgan fingerprint density at radius 2 is 2.13 bits per heavy atom. The quantitative estimate of drug-likeness (QED) is 0.445. The molecule has 1 aromatic carbocycles. The van der Waals surface area contributed by atoms with E-state index in [2.05, 4.69) is 15.5 Å². The number of nitrogens with one attached hydrogen (secondary N) is 1. The van der Waals surface area contributed by atoms with Crippen LogP contribution in [0.15, 0.2) is 22.5 Å². The summed E-state index contributed by atoms with van der Waals surface area (Å²) >= 11 is 2.89. The lowest BCUT2D eigenvalue weighted by molar-refractivity contribution is 0.0994. The van der Waals surface area contributed by atoms with Crippen molar-refractivity contribution in [2.24, 2.45) is 0 Å². The van der Waals surface area contributed by atoms with Crippen LogP contribution in [0.2, 0.25) is 0 Å². The van der Waals surface area contributed by atoms with Crippen molar-refractivity contribution in [3.05, 3.63) is 34.9 Å². The van der Waals surface area contributed by atoms with Crippen molar-refractivity contribution >= 4 is 34.0 Å². The van der Waals surface area contributed by atoms with E-state index in [-0.39, 0.29) is 11.0 Å². The molecule has 0 amide bonds. The number of nitrogens with zero attached hydrogens (tertiary/aromatic N) is 2. The highest BCUT2D eigenvalue weighted by atomic mass is 32.2. The minimum Gasteiger partial charge on any atom is -0.383 e. The molecule has 0 radical (unpaired) electrons. The summed E-state index contributed by atoms with van der Waals surface area (Å²) in [5.41, 5.74) is 3.07. The van der Waals surface area contributed by atoms with Crippen molar-refractivity contribution in [1.29, 1.82) is 0 Å². The molecule has 0 spiro atoms. The molecule has 0 aliphatic rings. The van der Waals surface area contributed by atoms with Crippen LogP contribution in [0.25, 0.3) is 0 Å². The predicted molar refractivity (Wildman–Crippen MR) is 95.8 cm³/mol. The molecule has 0 aliphatic carbocycles. The number of benzene rings is 1. The van der Waals surface area contributed by atoms with E-state index in [0.717, 1.165) is 20.6 Å². The van der Waals surface area contributed by atoms with E-state index in [1.165, 1.54) is 28.7 Å². The molecule has 0 saturated heterocycles. The van der Waals surface area contributed by atoms with Gasteiger partial charge in [-0.15, -0.1) is 10.2 Å². The van der Waals surface area contributed by atoms with E-state index in [4.69, 9.17) is 4.74 Å². The normalized spacial score (nSPS) is 12.2. The Labute approximate surface area is 144 Å². The van der Waals surface area contributed by atoms with Crippen LogP contribution in [0.1, 0.15) is 28.4 Å². The molecule has 0 aliphatic heterocycles. The minimum atomic E-state index is -0.197. The molecule has 2 rings (SSSR count). The van der Waals surface area contributed by atoms with Gasteiger partial charge in [0.15, 0.2) is 10.1 Å². The molecule has 0 fully saturated rings. The van der Waals surface area contributed by atoms with Crippen molar-refractivity contribution in [2.45, 2.75) is 30.4 Å². The van der Waals surface area contributed by atoms with Crippen LogP contribution in [0.5, 0.6) is 0 Å². The number of methoxy groups -OCH3 is 1. The number of hydrogen-bond acceptors (Lipinski definition) is 7. The highest BCUT2D eigenvalue weighted by Crippen LogP contribution is 2.30. The van der Waals surface area contributed by atoms with E-state index in [1.807, 2.05) is 39.0 Å². The van der Waals surface area contributed by atoms with E-state index in [9.17, 15) is 4.79 Å². The van der Waals surface area contributed by atoms with Crippen molar-refractivity contribution in [2.75, 3.05) is 25.6 Å². The molecule has 0 saturated carbocycles. The zero-order chi connectivity index (χ0) is 16.8. The Bertz CT molecular complexity index is 673. The van der Waals surface area contributed by atoms with Crippen molar-refractivity contribution < 1.29 is 9.53 Å². The number of ether oxygens (including phenoxy) is 1. The molecule has 0 bridgehead atoms. The zero-order valence-corrected chi connectivity index (χ0v) is 15.4. The SMILES string of the molecule is COCCNc1nnc(SC(C)C(=O)c2ccc(C)c(C)c2)s1. The number of thioether (sulfide) groups is 1. The smallest absolute Gasteiger partial charge is 0.206 e. The van der Waals surface area contributed by atoms with Gasteiger partial charge in [0.2, 0.25) is 5.13 Å². The number of aromatic nitrogens is 2. The van der Waals surface area contributed by atoms with Gasteiger partial charge in [-0.1, -0.05) is 35.2 Å². The van der Waals surface area contributed by atoms with Gasteiger partial charge in [-0.2, -0.15) is 0 Å². The molecule has 1 aromatic heterocycles. The molecule has 1 unspecified atom stereocenters. The highest BCUT2D eigenvalue weighted by Gasteiger charge is 2.19. The number of carbonyl (C=O) groups excluding carboxylic acids is 1. The Balaban J connectivity index is 1.96. The standard InChI is InChI=1S/C16H21N3O2S2/c1-10-5-6-13(9-11(10)2)14(20)12(3)22-16-19-18-15(23-16)17-7-8-21-4/h5-6,9,12H,7-8H2,1-4H3,(H,17,18). The van der Waals surface area contributed by atoms with Gasteiger partial charge in [-0.3, -0.25) is 4.79 Å². The van der Waals surface area contributed by atoms with Crippen LogP contribution in [0.3, 0.4) is 0 Å². The van der Waals surface area contributed by atoms with Crippen LogP contribution in [0, 0.1) is 13.8 Å². The van der Waals surface area contributed by atoms with E-state index in [1.54, 1.807) is 7.11 Å². The third kappa shape index (κ3) is 5.02. The molecule has 2 aromatic rings. The van der Waals surface area contributed by atoms with Gasteiger partial charge in [0.05, 0.1) is 11.9 Å². The number of carbonyl (C=O) groups is 1. The first-order chi connectivity index (χ1) is 11.0. The van der Waals surface area contributed by atoms with Crippen LogP contribution < -0.4 is 5.32 Å². The van der Waals surface area contributed by atoms with Crippen molar-refractivity contribution in [1.82, 2.24) is 10.2 Å². The summed E-state index contributed by atoms with van der Waals surface area (Å²) in [6.07, 6.45) is 0. The van der Waals surface area contributed by atoms with Gasteiger partial charge in [-0.25, -0.2) is 0 Å². The fraction of sp³-hybridized carbons (Fsp3) is 0.438. The lowest BCUT2D eigenvalue weighted by Crippen LogP contribution is -2.13. The lowest BCUT2D eigenvalue weighted by Gasteiger charge is -2.09. The molecular weight excluding hydrogens is 330 g/mol. The van der Waals surface area contributed by atoms with Crippen LogP contribution in [-0.4, -0.2) is 41.5 Å². The molecule has 5 nitrogen and oxygen atoms in total. The summed E-state index contributed by atoms with van der Waals surface area (Å²) in [4.78, 5) is 12.5. The van der Waals surface area contributed by atoms with Crippen molar-refractivity contribution in [3.63, 3.8) is 0 Å². The lowest BCUT2D eigenvalue weighted by atomic mass is 10.0. The Morgan fingerprint density at radius 3 is 2.83 bits per heavy atom. The monoisotopic (exact) mass is 351 g/mol. The number of hydrogen-bond donors (Lipinski definition) is 1. The van der Waals surface area contributed by atoms with Gasteiger partial charge in [-0.05, 0) is 38.0 Å². The topological polar surface area (TPSA) is 64.1 Å². The van der Waals surface area contributed by atoms with E-state index in [0.29, 0.717) is 13.2 Å². The second kappa shape index (κ2) is 8.42. The maximum absolute atomic E-state index is 12.5. The first-order valence-corrected chi connectivity index (χ1v) is 9.05. The zero-order valence-electron chi connectivity index (χ0n) is 13.8. The third-order valence-electron chi connectivity index (χ3n) is 3.43. The summed E-state index contributed by atoms with van der Waals surface area (Å²) in [5, 5.41) is 11.9. The molecule has 23 heavy (non-hydrogen) atoms. The Hall–Kier alpha value is -1.44. The van der Waals surface area contributed by atoms with Crippen LogP contribution in [-0.2, 0) is 4.74 Å². The average molecular weight is 351 g/mol. The first-order valence-electron chi connectivity index (χ1n) is 7.35. The maximum atomic E-state index is 12.5. The molecule has 1 atom stereocenters. The second-order valence-corrected chi connectivity index (χ2v) is 7.78. The minimum absolute atomic E-state index is 0.113. The molecule has 1 heterocycles. The molecule has 1 N–H and O–H groups in total. The maximum Gasteiger partial charge on any atom is 0.206 e. The number of Topliss-reactive ketones (excluding diaryl/α,β-unsaturated/α-hetero) is 1. The van der Waals surface area contributed by atoms with Gasteiger partial charge in [0.25, 0.3) is 0 Å². The van der Waals surface area contributed by atoms with E-state index >= 15 is 0 Å². The summed E-state index contributed by atoms with van der Waals surface area (Å²) < 4.78 is 5.76. The van der Waals surface area contributed by atoms with Gasteiger partial charge in [0.1, 0.15) is 0 Å². The van der Waals surface area contributed by atoms with Crippen molar-refractivity contribution in [3.8, 4) is 0 Å². The Kier molecular flexibility index (Phi) is 6.56. The number of rotatable bonds is 8. The number of aryl methyl sites for hydroxylation is 2. The fourth-order valence-electron chi connectivity index (χ4n) is 1.92. The van der Waals surface area contributed by atoms with Crippen LogP contribution in [0.4, 0.5) is 5.13 Å². The largest absolute Gasteiger partial charge is 0.383 e. The second-order valence-electron chi connectivity index (χ2n) is 5.22. The number of anilines is 1. The van der Waals surface area contributed by atoms with Gasteiger partial charge in [0, 0.05) is 19.2 Å². The summed E-state index contributed by atoms with van der Waals surface area (Å²) in [7, 11) is 1.66. The van der Waals surface area contributed by atoms with Gasteiger partial charge < -0.3 is 10.1 Å². The average Bonchev–Trinajstić information content (AvgIpc) is 2.97.